The normalized spacial score (nSPS) is 18.7. The van der Waals surface area contributed by atoms with Gasteiger partial charge < -0.3 is 5.32 Å². The molecule has 0 amide bonds. The van der Waals surface area contributed by atoms with E-state index in [0.29, 0.717) is 0 Å². The molecule has 1 unspecified atom stereocenters. The van der Waals surface area contributed by atoms with E-state index in [9.17, 15) is 0 Å². The van der Waals surface area contributed by atoms with Crippen LogP contribution in [0.5, 0.6) is 0 Å². The summed E-state index contributed by atoms with van der Waals surface area (Å²) in [6.45, 7) is 4.43. The summed E-state index contributed by atoms with van der Waals surface area (Å²) in [6.07, 6.45) is 11.1. The van der Waals surface area contributed by atoms with Gasteiger partial charge in [-0.2, -0.15) is 5.10 Å². The van der Waals surface area contributed by atoms with Crippen LogP contribution in [-0.2, 0) is 13.5 Å². The first-order valence-corrected chi connectivity index (χ1v) is 6.98. The Morgan fingerprint density at radius 2 is 2.24 bits per heavy atom. The summed E-state index contributed by atoms with van der Waals surface area (Å²) >= 11 is 0. The summed E-state index contributed by atoms with van der Waals surface area (Å²) in [4.78, 5) is 0. The third kappa shape index (κ3) is 3.56. The molecule has 0 bridgehead atoms. The topological polar surface area (TPSA) is 29.9 Å². The lowest BCUT2D eigenvalue weighted by Crippen LogP contribution is -2.28. The zero-order chi connectivity index (χ0) is 12.1. The molecule has 3 nitrogen and oxygen atoms in total. The maximum atomic E-state index is 4.27. The minimum absolute atomic E-state index is 0.793. The zero-order valence-corrected chi connectivity index (χ0v) is 11.2. The average molecular weight is 235 g/mol. The Labute approximate surface area is 105 Å². The van der Waals surface area contributed by atoms with Gasteiger partial charge in [-0.1, -0.05) is 32.6 Å². The van der Waals surface area contributed by atoms with Crippen LogP contribution in [0.25, 0.3) is 0 Å². The lowest BCUT2D eigenvalue weighted by atomic mass is 9.86. The number of aryl methyl sites for hydroxylation is 1. The van der Waals surface area contributed by atoms with Gasteiger partial charge in [0, 0.05) is 13.2 Å². The van der Waals surface area contributed by atoms with E-state index < -0.39 is 0 Å². The molecule has 1 aromatic heterocycles. The van der Waals surface area contributed by atoms with Crippen molar-refractivity contribution in [2.45, 2.75) is 39.0 Å². The van der Waals surface area contributed by atoms with Crippen LogP contribution in [-0.4, -0.2) is 22.9 Å². The summed E-state index contributed by atoms with van der Waals surface area (Å²) in [7, 11) is 2.00. The Kier molecular flexibility index (Phi) is 4.60. The van der Waals surface area contributed by atoms with E-state index in [-0.39, 0.29) is 0 Å². The zero-order valence-electron chi connectivity index (χ0n) is 11.2. The Hall–Kier alpha value is -0.830. The van der Waals surface area contributed by atoms with Crippen molar-refractivity contribution >= 4 is 0 Å². The van der Waals surface area contributed by atoms with E-state index in [2.05, 4.69) is 23.5 Å². The molecule has 0 saturated heterocycles. The van der Waals surface area contributed by atoms with Crippen molar-refractivity contribution in [3.05, 3.63) is 18.0 Å². The second kappa shape index (κ2) is 6.20. The molecular weight excluding hydrogens is 210 g/mol. The molecule has 2 rings (SSSR count). The van der Waals surface area contributed by atoms with Crippen LogP contribution in [0.1, 0.15) is 38.2 Å². The van der Waals surface area contributed by atoms with Gasteiger partial charge in [-0.25, -0.2) is 0 Å². The van der Waals surface area contributed by atoms with Crippen molar-refractivity contribution in [3.8, 4) is 0 Å². The molecule has 0 aliphatic heterocycles. The second-order valence-electron chi connectivity index (χ2n) is 5.34. The smallest absolute Gasteiger partial charge is 0.0521 e. The van der Waals surface area contributed by atoms with Crippen molar-refractivity contribution < 1.29 is 0 Å². The maximum absolute atomic E-state index is 4.27. The predicted molar refractivity (Wildman–Crippen MR) is 70.9 cm³/mol. The number of nitrogens with one attached hydrogen (secondary N) is 1. The van der Waals surface area contributed by atoms with Gasteiger partial charge in [0.25, 0.3) is 0 Å². The fraction of sp³-hybridized carbons (Fsp3) is 0.786. The number of aromatic nitrogens is 2. The minimum Gasteiger partial charge on any atom is -0.317 e. The second-order valence-corrected chi connectivity index (χ2v) is 5.34. The number of hydrogen-bond donors (Lipinski definition) is 1. The van der Waals surface area contributed by atoms with Gasteiger partial charge in [-0.15, -0.1) is 0 Å². The molecule has 0 radical (unpaired) electrons. The molecule has 1 fully saturated rings. The number of hydrogen-bond acceptors (Lipinski definition) is 2. The highest BCUT2D eigenvalue weighted by Gasteiger charge is 2.25. The fourth-order valence-electron chi connectivity index (χ4n) is 3.04. The van der Waals surface area contributed by atoms with Crippen molar-refractivity contribution in [2.24, 2.45) is 18.9 Å². The summed E-state index contributed by atoms with van der Waals surface area (Å²) < 4.78 is 1.91. The van der Waals surface area contributed by atoms with E-state index in [1.807, 2.05) is 17.9 Å². The summed E-state index contributed by atoms with van der Waals surface area (Å²) in [5, 5.41) is 7.80. The van der Waals surface area contributed by atoms with Crippen molar-refractivity contribution in [1.82, 2.24) is 15.1 Å². The first kappa shape index (κ1) is 12.6. The summed E-state index contributed by atoms with van der Waals surface area (Å²) in [6, 6.07) is 0. The van der Waals surface area contributed by atoms with Crippen molar-refractivity contribution in [2.75, 3.05) is 13.1 Å². The largest absolute Gasteiger partial charge is 0.317 e. The molecule has 0 spiro atoms. The van der Waals surface area contributed by atoms with E-state index in [4.69, 9.17) is 0 Å². The monoisotopic (exact) mass is 235 g/mol. The standard InChI is InChI=1S/C14H25N3/c1-3-15-10-14(13-6-4-5-7-13)8-12-9-16-17(2)11-12/h9,11,13-15H,3-8,10H2,1-2H3. The first-order chi connectivity index (χ1) is 8.29. The van der Waals surface area contributed by atoms with Crippen LogP contribution in [0.2, 0.25) is 0 Å². The Morgan fingerprint density at radius 1 is 1.47 bits per heavy atom. The quantitative estimate of drug-likeness (QED) is 0.820. The predicted octanol–water partition coefficient (Wildman–Crippen LogP) is 2.38. The van der Waals surface area contributed by atoms with Gasteiger partial charge in [-0.3, -0.25) is 4.68 Å². The maximum Gasteiger partial charge on any atom is 0.0521 e. The molecule has 1 N–H and O–H groups in total. The summed E-state index contributed by atoms with van der Waals surface area (Å²) in [5.41, 5.74) is 1.39. The van der Waals surface area contributed by atoms with Crippen LogP contribution in [0.15, 0.2) is 12.4 Å². The molecule has 96 valence electrons. The van der Waals surface area contributed by atoms with Crippen molar-refractivity contribution in [1.29, 1.82) is 0 Å². The molecule has 0 aromatic carbocycles. The molecular formula is C14H25N3. The molecule has 1 heterocycles. The Balaban J connectivity index is 1.94. The molecule has 1 aliphatic rings. The van der Waals surface area contributed by atoms with Crippen LogP contribution in [0, 0.1) is 11.8 Å². The Bertz CT molecular complexity index is 326. The fourth-order valence-corrected chi connectivity index (χ4v) is 3.04. The SMILES string of the molecule is CCNCC(Cc1cnn(C)c1)C1CCCC1. The van der Waals surface area contributed by atoms with Crippen LogP contribution in [0.3, 0.4) is 0 Å². The molecule has 1 saturated carbocycles. The molecule has 17 heavy (non-hydrogen) atoms. The van der Waals surface area contributed by atoms with Crippen LogP contribution < -0.4 is 5.32 Å². The van der Waals surface area contributed by atoms with Gasteiger partial charge in [0.15, 0.2) is 0 Å². The summed E-state index contributed by atoms with van der Waals surface area (Å²) in [5.74, 6) is 1.72. The average Bonchev–Trinajstić information content (AvgIpc) is 2.95. The van der Waals surface area contributed by atoms with Crippen LogP contribution in [0.4, 0.5) is 0 Å². The van der Waals surface area contributed by atoms with Gasteiger partial charge in [-0.05, 0) is 36.9 Å². The molecule has 1 atom stereocenters. The van der Waals surface area contributed by atoms with E-state index in [1.165, 1.54) is 37.7 Å². The third-order valence-electron chi connectivity index (χ3n) is 3.98. The highest BCUT2D eigenvalue weighted by molar-refractivity contribution is 5.05. The highest BCUT2D eigenvalue weighted by atomic mass is 15.2. The molecule has 3 heteroatoms. The molecule has 1 aliphatic carbocycles. The highest BCUT2D eigenvalue weighted by Crippen LogP contribution is 2.32. The van der Waals surface area contributed by atoms with Gasteiger partial charge >= 0.3 is 0 Å². The molecule has 1 aromatic rings. The number of rotatable bonds is 6. The lowest BCUT2D eigenvalue weighted by molar-refractivity contribution is 0.323. The van der Waals surface area contributed by atoms with Crippen LogP contribution >= 0.6 is 0 Å². The minimum atomic E-state index is 0.793. The van der Waals surface area contributed by atoms with Crippen molar-refractivity contribution in [3.63, 3.8) is 0 Å². The van der Waals surface area contributed by atoms with Gasteiger partial charge in [0.1, 0.15) is 0 Å². The Morgan fingerprint density at radius 3 is 2.82 bits per heavy atom. The van der Waals surface area contributed by atoms with Gasteiger partial charge in [0.05, 0.1) is 6.20 Å². The van der Waals surface area contributed by atoms with E-state index in [1.54, 1.807) is 0 Å². The number of nitrogens with zero attached hydrogens (tertiary/aromatic N) is 2. The van der Waals surface area contributed by atoms with E-state index >= 15 is 0 Å². The van der Waals surface area contributed by atoms with E-state index in [0.717, 1.165) is 24.9 Å². The van der Waals surface area contributed by atoms with Gasteiger partial charge in [0.2, 0.25) is 0 Å². The lowest BCUT2D eigenvalue weighted by Gasteiger charge is -2.23. The first-order valence-electron chi connectivity index (χ1n) is 6.98. The third-order valence-corrected chi connectivity index (χ3v) is 3.98.